The second kappa shape index (κ2) is 6.52. The molecule has 3 nitrogen and oxygen atoms in total. The lowest BCUT2D eigenvalue weighted by molar-refractivity contribution is -0.118. The number of ether oxygens (including phenoxy) is 1. The monoisotopic (exact) mass is 337 g/mol. The molecule has 1 amide bonds. The fourth-order valence-electron chi connectivity index (χ4n) is 1.62. The average molecular weight is 338 g/mol. The number of aryl methyl sites for hydroxylation is 1. The first-order valence-electron chi connectivity index (χ1n) is 5.99. The third-order valence-corrected chi connectivity index (χ3v) is 3.10. The van der Waals surface area contributed by atoms with Gasteiger partial charge in [-0.25, -0.2) is 4.39 Å². The Bertz CT molecular complexity index is 631. The van der Waals surface area contributed by atoms with Crippen molar-refractivity contribution in [1.29, 1.82) is 0 Å². The van der Waals surface area contributed by atoms with Gasteiger partial charge in [0.05, 0.1) is 0 Å². The van der Waals surface area contributed by atoms with Gasteiger partial charge in [0, 0.05) is 10.2 Å². The average Bonchev–Trinajstić information content (AvgIpc) is 2.40. The van der Waals surface area contributed by atoms with E-state index in [9.17, 15) is 9.18 Å². The minimum atomic E-state index is -0.295. The zero-order valence-electron chi connectivity index (χ0n) is 10.8. The van der Waals surface area contributed by atoms with Crippen LogP contribution >= 0.6 is 15.9 Å². The molecular weight excluding hydrogens is 325 g/mol. The smallest absolute Gasteiger partial charge is 0.262 e. The topological polar surface area (TPSA) is 38.3 Å². The summed E-state index contributed by atoms with van der Waals surface area (Å²) in [5.74, 6) is -0.102. The zero-order valence-corrected chi connectivity index (χ0v) is 12.4. The standard InChI is InChI=1S/C15H13BrFNO2/c1-10-7-13(5-6-14(10)17)20-9-15(19)18-12-4-2-3-11(16)8-12/h2-8H,9H2,1H3,(H,18,19). The van der Waals surface area contributed by atoms with Gasteiger partial charge in [0.25, 0.3) is 5.91 Å². The molecule has 0 radical (unpaired) electrons. The van der Waals surface area contributed by atoms with Crippen LogP contribution in [0, 0.1) is 12.7 Å². The van der Waals surface area contributed by atoms with Crippen LogP contribution in [-0.2, 0) is 4.79 Å². The maximum atomic E-state index is 13.1. The van der Waals surface area contributed by atoms with Gasteiger partial charge in [0.2, 0.25) is 0 Å². The number of benzene rings is 2. The highest BCUT2D eigenvalue weighted by Crippen LogP contribution is 2.17. The summed E-state index contributed by atoms with van der Waals surface area (Å²) < 4.78 is 19.3. The Kier molecular flexibility index (Phi) is 4.74. The highest BCUT2D eigenvalue weighted by Gasteiger charge is 2.05. The van der Waals surface area contributed by atoms with E-state index < -0.39 is 0 Å². The third-order valence-electron chi connectivity index (χ3n) is 2.61. The van der Waals surface area contributed by atoms with Crippen molar-refractivity contribution in [2.24, 2.45) is 0 Å². The summed E-state index contributed by atoms with van der Waals surface area (Å²) in [5.41, 5.74) is 1.16. The van der Waals surface area contributed by atoms with Gasteiger partial charge in [0.1, 0.15) is 11.6 Å². The molecule has 0 aliphatic rings. The fourth-order valence-corrected chi connectivity index (χ4v) is 2.02. The molecule has 0 bridgehead atoms. The largest absolute Gasteiger partial charge is 0.484 e. The lowest BCUT2D eigenvalue weighted by Crippen LogP contribution is -2.20. The van der Waals surface area contributed by atoms with Crippen molar-refractivity contribution in [3.8, 4) is 5.75 Å². The fraction of sp³-hybridized carbons (Fsp3) is 0.133. The van der Waals surface area contributed by atoms with Crippen LogP contribution < -0.4 is 10.1 Å². The van der Waals surface area contributed by atoms with Gasteiger partial charge >= 0.3 is 0 Å². The van der Waals surface area contributed by atoms with Crippen molar-refractivity contribution in [3.05, 3.63) is 58.3 Å². The Hall–Kier alpha value is -1.88. The first-order chi connectivity index (χ1) is 9.54. The summed E-state index contributed by atoms with van der Waals surface area (Å²) in [6, 6.07) is 11.6. The molecule has 1 N–H and O–H groups in total. The quantitative estimate of drug-likeness (QED) is 0.918. The number of nitrogens with one attached hydrogen (secondary N) is 1. The number of anilines is 1. The van der Waals surface area contributed by atoms with E-state index in [1.807, 2.05) is 12.1 Å². The van der Waals surface area contributed by atoms with E-state index >= 15 is 0 Å². The summed E-state index contributed by atoms with van der Waals surface area (Å²) in [6.45, 7) is 1.52. The summed E-state index contributed by atoms with van der Waals surface area (Å²) in [6.07, 6.45) is 0. The van der Waals surface area contributed by atoms with E-state index in [-0.39, 0.29) is 18.3 Å². The Balaban J connectivity index is 1.90. The van der Waals surface area contributed by atoms with Crippen LogP contribution in [0.4, 0.5) is 10.1 Å². The summed E-state index contributed by atoms with van der Waals surface area (Å²) >= 11 is 3.32. The van der Waals surface area contributed by atoms with Gasteiger partial charge in [-0.2, -0.15) is 0 Å². The van der Waals surface area contributed by atoms with E-state index in [0.717, 1.165) is 4.47 Å². The molecule has 0 aromatic heterocycles. The molecule has 0 fully saturated rings. The molecule has 0 heterocycles. The van der Waals surface area contributed by atoms with Crippen LogP contribution in [0.1, 0.15) is 5.56 Å². The predicted octanol–water partition coefficient (Wildman–Crippen LogP) is 3.91. The Morgan fingerprint density at radius 2 is 2.10 bits per heavy atom. The number of amides is 1. The molecule has 104 valence electrons. The number of rotatable bonds is 4. The molecule has 2 rings (SSSR count). The van der Waals surface area contributed by atoms with Crippen LogP contribution in [0.25, 0.3) is 0 Å². The molecule has 5 heteroatoms. The van der Waals surface area contributed by atoms with E-state index in [1.54, 1.807) is 25.1 Å². The molecule has 0 saturated carbocycles. The second-order valence-electron chi connectivity index (χ2n) is 4.26. The lowest BCUT2D eigenvalue weighted by atomic mass is 10.2. The Morgan fingerprint density at radius 3 is 2.80 bits per heavy atom. The van der Waals surface area contributed by atoms with Crippen molar-refractivity contribution in [1.82, 2.24) is 0 Å². The van der Waals surface area contributed by atoms with Gasteiger partial charge in [-0.05, 0) is 48.9 Å². The van der Waals surface area contributed by atoms with Gasteiger partial charge in [0.15, 0.2) is 6.61 Å². The van der Waals surface area contributed by atoms with Crippen LogP contribution in [0.3, 0.4) is 0 Å². The predicted molar refractivity (Wildman–Crippen MR) is 79.4 cm³/mol. The Labute approximate surface area is 124 Å². The van der Waals surface area contributed by atoms with E-state index in [4.69, 9.17) is 4.74 Å². The summed E-state index contributed by atoms with van der Waals surface area (Å²) in [7, 11) is 0. The van der Waals surface area contributed by atoms with Crippen LogP contribution in [-0.4, -0.2) is 12.5 Å². The highest BCUT2D eigenvalue weighted by atomic mass is 79.9. The van der Waals surface area contributed by atoms with Crippen molar-refractivity contribution >= 4 is 27.5 Å². The number of hydrogen-bond donors (Lipinski definition) is 1. The number of carbonyl (C=O) groups is 1. The van der Waals surface area contributed by atoms with Crippen molar-refractivity contribution < 1.29 is 13.9 Å². The van der Waals surface area contributed by atoms with Crippen LogP contribution in [0.5, 0.6) is 5.75 Å². The maximum absolute atomic E-state index is 13.1. The molecule has 2 aromatic carbocycles. The number of halogens is 2. The van der Waals surface area contributed by atoms with Crippen LogP contribution in [0.15, 0.2) is 46.9 Å². The molecule has 0 aliphatic carbocycles. The normalized spacial score (nSPS) is 10.2. The Morgan fingerprint density at radius 1 is 1.30 bits per heavy atom. The lowest BCUT2D eigenvalue weighted by Gasteiger charge is -2.08. The minimum absolute atomic E-state index is 0.127. The van der Waals surface area contributed by atoms with Crippen molar-refractivity contribution in [2.75, 3.05) is 11.9 Å². The first-order valence-corrected chi connectivity index (χ1v) is 6.78. The van der Waals surface area contributed by atoms with Crippen molar-refractivity contribution in [2.45, 2.75) is 6.92 Å². The molecule has 0 spiro atoms. The summed E-state index contributed by atoms with van der Waals surface area (Å²) in [5, 5.41) is 2.71. The van der Waals surface area contributed by atoms with E-state index in [1.165, 1.54) is 12.1 Å². The van der Waals surface area contributed by atoms with E-state index in [2.05, 4.69) is 21.2 Å². The molecule has 0 atom stereocenters. The second-order valence-corrected chi connectivity index (χ2v) is 5.17. The molecule has 20 heavy (non-hydrogen) atoms. The van der Waals surface area contributed by atoms with Gasteiger partial charge < -0.3 is 10.1 Å². The van der Waals surface area contributed by atoms with Crippen molar-refractivity contribution in [3.63, 3.8) is 0 Å². The SMILES string of the molecule is Cc1cc(OCC(=O)Nc2cccc(Br)c2)ccc1F. The van der Waals surface area contributed by atoms with Gasteiger partial charge in [-0.3, -0.25) is 4.79 Å². The molecule has 2 aromatic rings. The minimum Gasteiger partial charge on any atom is -0.484 e. The summed E-state index contributed by atoms with van der Waals surface area (Å²) in [4.78, 5) is 11.7. The number of carbonyl (C=O) groups excluding carboxylic acids is 1. The maximum Gasteiger partial charge on any atom is 0.262 e. The zero-order chi connectivity index (χ0) is 14.5. The highest BCUT2D eigenvalue weighted by molar-refractivity contribution is 9.10. The first kappa shape index (κ1) is 14.5. The third kappa shape index (κ3) is 4.06. The molecular formula is C15H13BrFNO2. The van der Waals surface area contributed by atoms with Gasteiger partial charge in [-0.1, -0.05) is 22.0 Å². The molecule has 0 aliphatic heterocycles. The van der Waals surface area contributed by atoms with Gasteiger partial charge in [-0.15, -0.1) is 0 Å². The van der Waals surface area contributed by atoms with Crippen LogP contribution in [0.2, 0.25) is 0 Å². The molecule has 0 unspecified atom stereocenters. The molecule has 0 saturated heterocycles. The van der Waals surface area contributed by atoms with E-state index in [0.29, 0.717) is 17.0 Å². The number of hydrogen-bond acceptors (Lipinski definition) is 2.